The molecule has 0 bridgehead atoms. The maximum Gasteiger partial charge on any atom is 0.251 e. The van der Waals surface area contributed by atoms with Crippen LogP contribution in [0.2, 0.25) is 5.02 Å². The molecular weight excluding hydrogens is 266 g/mol. The van der Waals surface area contributed by atoms with Gasteiger partial charge < -0.3 is 10.6 Å². The molecule has 0 radical (unpaired) electrons. The first-order valence-electron chi connectivity index (χ1n) is 5.13. The van der Waals surface area contributed by atoms with Crippen molar-refractivity contribution in [2.24, 2.45) is 0 Å². The Balaban J connectivity index is 0.00000144. The fourth-order valence-corrected chi connectivity index (χ4v) is 1.86. The normalized spacial score (nSPS) is 18.6. The van der Waals surface area contributed by atoms with Crippen molar-refractivity contribution in [2.45, 2.75) is 12.5 Å². The van der Waals surface area contributed by atoms with Crippen molar-refractivity contribution >= 4 is 29.9 Å². The summed E-state index contributed by atoms with van der Waals surface area (Å²) in [5.74, 6) is -0.726. The van der Waals surface area contributed by atoms with Crippen molar-refractivity contribution in [1.29, 1.82) is 0 Å². The van der Waals surface area contributed by atoms with E-state index >= 15 is 0 Å². The molecule has 1 fully saturated rings. The Kier molecular flexibility index (Phi) is 5.18. The number of hydrogen-bond acceptors (Lipinski definition) is 2. The Labute approximate surface area is 110 Å². The maximum atomic E-state index is 12.9. The van der Waals surface area contributed by atoms with Gasteiger partial charge in [-0.1, -0.05) is 11.6 Å². The van der Waals surface area contributed by atoms with Crippen molar-refractivity contribution < 1.29 is 9.18 Å². The van der Waals surface area contributed by atoms with Gasteiger partial charge in [0, 0.05) is 18.2 Å². The number of nitrogens with one attached hydrogen (secondary N) is 2. The first-order chi connectivity index (χ1) is 7.66. The van der Waals surface area contributed by atoms with Gasteiger partial charge in [-0.15, -0.1) is 12.4 Å². The molecule has 0 aliphatic carbocycles. The first kappa shape index (κ1) is 14.2. The minimum absolute atomic E-state index is 0. The summed E-state index contributed by atoms with van der Waals surface area (Å²) in [4.78, 5) is 11.7. The molecule has 6 heteroatoms. The minimum Gasteiger partial charge on any atom is -0.348 e. The third kappa shape index (κ3) is 3.56. The topological polar surface area (TPSA) is 41.1 Å². The fraction of sp³-hybridized carbons (Fsp3) is 0.364. The highest BCUT2D eigenvalue weighted by Gasteiger charge is 2.17. The summed E-state index contributed by atoms with van der Waals surface area (Å²) in [6, 6.07) is 4.12. The first-order valence-corrected chi connectivity index (χ1v) is 5.51. The third-order valence-corrected chi connectivity index (χ3v) is 2.87. The van der Waals surface area contributed by atoms with Crippen molar-refractivity contribution in [1.82, 2.24) is 10.6 Å². The smallest absolute Gasteiger partial charge is 0.251 e. The third-order valence-electron chi connectivity index (χ3n) is 2.58. The van der Waals surface area contributed by atoms with Crippen LogP contribution >= 0.6 is 24.0 Å². The van der Waals surface area contributed by atoms with Gasteiger partial charge in [-0.05, 0) is 31.2 Å². The van der Waals surface area contributed by atoms with Crippen LogP contribution in [0.1, 0.15) is 16.8 Å². The minimum atomic E-state index is -0.513. The molecule has 1 aliphatic rings. The van der Waals surface area contributed by atoms with E-state index in [4.69, 9.17) is 11.6 Å². The monoisotopic (exact) mass is 278 g/mol. The number of benzene rings is 1. The zero-order valence-corrected chi connectivity index (χ0v) is 10.6. The molecule has 1 heterocycles. The van der Waals surface area contributed by atoms with E-state index in [9.17, 15) is 9.18 Å². The van der Waals surface area contributed by atoms with Crippen LogP contribution in [0.5, 0.6) is 0 Å². The molecule has 1 amide bonds. The fourth-order valence-electron chi connectivity index (χ4n) is 1.68. The molecule has 1 aliphatic heterocycles. The van der Waals surface area contributed by atoms with Gasteiger partial charge in [0.1, 0.15) is 5.82 Å². The average molecular weight is 279 g/mol. The summed E-state index contributed by atoms with van der Waals surface area (Å²) < 4.78 is 12.9. The van der Waals surface area contributed by atoms with E-state index in [0.717, 1.165) is 19.5 Å². The summed E-state index contributed by atoms with van der Waals surface area (Å²) in [7, 11) is 0. The Morgan fingerprint density at radius 1 is 1.53 bits per heavy atom. The second-order valence-corrected chi connectivity index (χ2v) is 4.20. The second-order valence-electron chi connectivity index (χ2n) is 3.79. The quantitative estimate of drug-likeness (QED) is 0.869. The maximum absolute atomic E-state index is 12.9. The van der Waals surface area contributed by atoms with Crippen LogP contribution in [0.3, 0.4) is 0 Å². The predicted molar refractivity (Wildman–Crippen MR) is 67.4 cm³/mol. The number of carbonyl (C=O) groups excluding carboxylic acids is 1. The summed E-state index contributed by atoms with van der Waals surface area (Å²) in [6.45, 7) is 1.69. The molecule has 1 aromatic rings. The van der Waals surface area contributed by atoms with E-state index in [1.165, 1.54) is 18.2 Å². The van der Waals surface area contributed by atoms with Crippen LogP contribution in [-0.4, -0.2) is 25.0 Å². The van der Waals surface area contributed by atoms with Crippen LogP contribution in [0.4, 0.5) is 4.39 Å². The lowest BCUT2D eigenvalue weighted by Crippen LogP contribution is -2.36. The van der Waals surface area contributed by atoms with Gasteiger partial charge in [0.05, 0.1) is 5.02 Å². The van der Waals surface area contributed by atoms with Crippen molar-refractivity contribution in [3.63, 3.8) is 0 Å². The van der Waals surface area contributed by atoms with Gasteiger partial charge in [0.25, 0.3) is 5.91 Å². The molecule has 17 heavy (non-hydrogen) atoms. The number of hydrogen-bond donors (Lipinski definition) is 2. The van der Waals surface area contributed by atoms with Crippen molar-refractivity contribution in [3.8, 4) is 0 Å². The van der Waals surface area contributed by atoms with Crippen LogP contribution < -0.4 is 10.6 Å². The lowest BCUT2D eigenvalue weighted by atomic mass is 10.2. The molecule has 1 saturated heterocycles. The summed E-state index contributed by atoms with van der Waals surface area (Å²) in [6.07, 6.45) is 0.917. The van der Waals surface area contributed by atoms with Crippen molar-refractivity contribution in [3.05, 3.63) is 34.6 Å². The van der Waals surface area contributed by atoms with Gasteiger partial charge in [-0.3, -0.25) is 4.79 Å². The van der Waals surface area contributed by atoms with Crippen LogP contribution in [0.15, 0.2) is 18.2 Å². The largest absolute Gasteiger partial charge is 0.348 e. The van der Waals surface area contributed by atoms with Gasteiger partial charge in [-0.25, -0.2) is 4.39 Å². The van der Waals surface area contributed by atoms with Crippen LogP contribution in [0, 0.1) is 5.82 Å². The number of carbonyl (C=O) groups is 1. The van der Waals surface area contributed by atoms with E-state index in [2.05, 4.69) is 10.6 Å². The zero-order valence-electron chi connectivity index (χ0n) is 9.00. The molecule has 2 rings (SSSR count). The van der Waals surface area contributed by atoms with E-state index in [1.807, 2.05) is 0 Å². The Morgan fingerprint density at radius 3 is 2.88 bits per heavy atom. The standard InChI is InChI=1S/C11H12ClFN2O.ClH/c12-9-5-7(1-2-10(9)13)11(16)15-8-3-4-14-6-8;/h1-2,5,8,14H,3-4,6H2,(H,15,16);1H. The highest BCUT2D eigenvalue weighted by atomic mass is 35.5. The van der Waals surface area contributed by atoms with Gasteiger partial charge in [0.2, 0.25) is 0 Å². The lowest BCUT2D eigenvalue weighted by molar-refractivity contribution is 0.0940. The molecule has 0 aromatic heterocycles. The van der Waals surface area contributed by atoms with E-state index in [1.54, 1.807) is 0 Å². The number of rotatable bonds is 2. The van der Waals surface area contributed by atoms with Gasteiger partial charge in [-0.2, -0.15) is 0 Å². The Hall–Kier alpha value is -0.840. The molecule has 2 N–H and O–H groups in total. The lowest BCUT2D eigenvalue weighted by Gasteiger charge is -2.11. The molecule has 1 aromatic carbocycles. The molecule has 1 atom stereocenters. The van der Waals surface area contributed by atoms with Crippen molar-refractivity contribution in [2.75, 3.05) is 13.1 Å². The molecule has 3 nitrogen and oxygen atoms in total. The van der Waals surface area contributed by atoms with E-state index < -0.39 is 5.82 Å². The molecule has 94 valence electrons. The highest BCUT2D eigenvalue weighted by Crippen LogP contribution is 2.16. The van der Waals surface area contributed by atoms with E-state index in [0.29, 0.717) is 5.56 Å². The van der Waals surface area contributed by atoms with Crippen LogP contribution in [0.25, 0.3) is 0 Å². The zero-order chi connectivity index (χ0) is 11.5. The Bertz CT molecular complexity index is 408. The number of halogens is 3. The van der Waals surface area contributed by atoms with E-state index in [-0.39, 0.29) is 29.4 Å². The predicted octanol–water partition coefficient (Wildman–Crippen LogP) is 1.99. The molecule has 0 saturated carbocycles. The average Bonchev–Trinajstić information content (AvgIpc) is 2.74. The summed E-state index contributed by atoms with van der Waals surface area (Å²) >= 11 is 5.61. The van der Waals surface area contributed by atoms with Crippen LogP contribution in [-0.2, 0) is 0 Å². The SMILES string of the molecule is Cl.O=C(NC1CCNC1)c1ccc(F)c(Cl)c1. The molecular formula is C11H13Cl2FN2O. The Morgan fingerprint density at radius 2 is 2.29 bits per heavy atom. The highest BCUT2D eigenvalue weighted by molar-refractivity contribution is 6.31. The number of amides is 1. The molecule has 0 spiro atoms. The van der Waals surface area contributed by atoms with Gasteiger partial charge in [0.15, 0.2) is 0 Å². The van der Waals surface area contributed by atoms with Gasteiger partial charge >= 0.3 is 0 Å². The second kappa shape index (κ2) is 6.19. The summed E-state index contributed by atoms with van der Waals surface area (Å²) in [5, 5.41) is 5.98. The summed E-state index contributed by atoms with van der Waals surface area (Å²) in [5.41, 5.74) is 0.387. The molecule has 1 unspecified atom stereocenters.